The van der Waals surface area contributed by atoms with Crippen LogP contribution in [-0.4, -0.2) is 0 Å². The monoisotopic (exact) mass is 861 g/mol. The summed E-state index contributed by atoms with van der Waals surface area (Å²) in [4.78, 5) is 2.55. The number of benzene rings is 12. The Labute approximate surface area is 396 Å². The Morgan fingerprint density at radius 1 is 0.235 bits per heavy atom. The average molecular weight is 862 g/mol. The predicted molar refractivity (Wildman–Crippen MR) is 286 cm³/mol. The van der Waals surface area contributed by atoms with Crippen molar-refractivity contribution < 1.29 is 0 Å². The zero-order valence-electron chi connectivity index (χ0n) is 37.3. The number of para-hydroxylation sites is 1. The van der Waals surface area contributed by atoms with Gasteiger partial charge in [0, 0.05) is 16.8 Å². The predicted octanol–water partition coefficient (Wildman–Crippen LogP) is 18.0. The smallest absolute Gasteiger partial charge is 0.0726 e. The van der Waals surface area contributed by atoms with Gasteiger partial charge in [0.1, 0.15) is 0 Å². The first kappa shape index (κ1) is 38.5. The van der Waals surface area contributed by atoms with Crippen LogP contribution in [0.4, 0.5) is 17.1 Å². The van der Waals surface area contributed by atoms with Gasteiger partial charge in [-0.2, -0.15) is 0 Å². The van der Waals surface area contributed by atoms with E-state index in [0.29, 0.717) is 0 Å². The number of nitrogens with zero attached hydrogens (tertiary/aromatic N) is 1. The van der Waals surface area contributed by atoms with E-state index >= 15 is 0 Å². The van der Waals surface area contributed by atoms with Crippen LogP contribution in [0.25, 0.3) is 88.0 Å². The Bertz CT molecular complexity index is 3840. The second-order valence-corrected chi connectivity index (χ2v) is 18.3. The van der Waals surface area contributed by atoms with Crippen LogP contribution in [0.5, 0.6) is 0 Å². The molecule has 0 N–H and O–H groups in total. The van der Waals surface area contributed by atoms with Gasteiger partial charge in [0.05, 0.1) is 16.8 Å². The summed E-state index contributed by atoms with van der Waals surface area (Å²) >= 11 is 0. The number of rotatable bonds is 6. The minimum atomic E-state index is -0.592. The van der Waals surface area contributed by atoms with E-state index < -0.39 is 5.41 Å². The van der Waals surface area contributed by atoms with E-state index in [4.69, 9.17) is 0 Å². The lowest BCUT2D eigenvalue weighted by molar-refractivity contribution is 0.794. The molecule has 0 radical (unpaired) electrons. The lowest BCUT2D eigenvalue weighted by Crippen LogP contribution is -2.26. The fourth-order valence-electron chi connectivity index (χ4n) is 12.0. The van der Waals surface area contributed by atoms with Crippen LogP contribution >= 0.6 is 0 Å². The molecule has 1 spiro atoms. The van der Waals surface area contributed by atoms with E-state index in [1.165, 1.54) is 110 Å². The Balaban J connectivity index is 1.09. The molecule has 316 valence electrons. The van der Waals surface area contributed by atoms with Crippen LogP contribution in [-0.2, 0) is 5.41 Å². The Hall–Kier alpha value is -8.78. The third kappa shape index (κ3) is 5.57. The second-order valence-electron chi connectivity index (χ2n) is 18.3. The van der Waals surface area contributed by atoms with Gasteiger partial charge in [-0.15, -0.1) is 0 Å². The van der Waals surface area contributed by atoms with E-state index in [1.54, 1.807) is 0 Å². The fourth-order valence-corrected chi connectivity index (χ4v) is 12.0. The zero-order valence-corrected chi connectivity index (χ0v) is 37.3. The molecular weight excluding hydrogens is 819 g/mol. The number of anilines is 3. The molecule has 12 aromatic carbocycles. The summed E-state index contributed by atoms with van der Waals surface area (Å²) in [6.07, 6.45) is 0. The largest absolute Gasteiger partial charge is 0.309 e. The van der Waals surface area contributed by atoms with E-state index in [-0.39, 0.29) is 0 Å². The van der Waals surface area contributed by atoms with Crippen LogP contribution in [0.1, 0.15) is 22.3 Å². The van der Waals surface area contributed by atoms with E-state index in [1.807, 2.05) is 0 Å². The molecule has 14 rings (SSSR count). The maximum atomic E-state index is 2.55. The maximum absolute atomic E-state index is 2.55. The van der Waals surface area contributed by atoms with Gasteiger partial charge in [0.2, 0.25) is 0 Å². The molecule has 1 heteroatoms. The Morgan fingerprint density at radius 3 is 1.29 bits per heavy atom. The fraction of sp³-hybridized carbons (Fsp3) is 0.0149. The number of hydrogen-bond acceptors (Lipinski definition) is 1. The van der Waals surface area contributed by atoms with Gasteiger partial charge < -0.3 is 4.90 Å². The van der Waals surface area contributed by atoms with E-state index in [9.17, 15) is 0 Å². The van der Waals surface area contributed by atoms with Crippen molar-refractivity contribution >= 4 is 49.4 Å². The highest BCUT2D eigenvalue weighted by atomic mass is 15.1. The van der Waals surface area contributed by atoms with Crippen LogP contribution in [0.3, 0.4) is 0 Å². The van der Waals surface area contributed by atoms with Gasteiger partial charge >= 0.3 is 0 Å². The van der Waals surface area contributed by atoms with Crippen molar-refractivity contribution in [3.63, 3.8) is 0 Å². The minimum Gasteiger partial charge on any atom is -0.309 e. The molecule has 0 aliphatic heterocycles. The highest BCUT2D eigenvalue weighted by Crippen LogP contribution is 2.65. The molecular formula is C67H43N. The molecule has 0 saturated carbocycles. The highest BCUT2D eigenvalue weighted by Gasteiger charge is 2.53. The Kier molecular flexibility index (Phi) is 8.57. The van der Waals surface area contributed by atoms with Crippen molar-refractivity contribution in [1.82, 2.24) is 0 Å². The summed E-state index contributed by atoms with van der Waals surface area (Å²) in [5.74, 6) is 0. The van der Waals surface area contributed by atoms with Crippen molar-refractivity contribution in [2.45, 2.75) is 5.41 Å². The maximum Gasteiger partial charge on any atom is 0.0726 e. The molecule has 0 aromatic heterocycles. The van der Waals surface area contributed by atoms with Crippen LogP contribution in [0, 0.1) is 0 Å². The second kappa shape index (κ2) is 15.1. The van der Waals surface area contributed by atoms with Gasteiger partial charge in [-0.25, -0.2) is 0 Å². The Morgan fingerprint density at radius 2 is 0.691 bits per heavy atom. The number of fused-ring (bicyclic) bond motifs is 16. The summed E-state index contributed by atoms with van der Waals surface area (Å²) in [5.41, 5.74) is 20.3. The highest BCUT2D eigenvalue weighted by molar-refractivity contribution is 6.26. The van der Waals surface area contributed by atoms with Crippen molar-refractivity contribution in [3.8, 4) is 55.6 Å². The van der Waals surface area contributed by atoms with E-state index in [0.717, 1.165) is 17.1 Å². The standard InChI is InChI=1S/C67H43N/c1-4-19-44(20-5-1)47-35-38-56-57-39-36-48(45-21-6-2-7-22-45)42-63(57)67(62(56)41-47)60-31-16-14-30-58(60)66-61(67)32-18-34-65(66)68(64-33-17-15-25-50(64)46-23-8-3-9-24-46)49-37-40-55-53-28-11-10-26-51(53)52-27-12-13-29-54(52)59(55)43-49/h1-43H. The number of hydrogen-bond donors (Lipinski definition) is 0. The SMILES string of the molecule is c1ccc(-c2ccc3c(c2)C2(c4cc(-c5ccccc5)ccc4-3)c3ccccc3-c3c(N(c4ccc5c6ccccc6c6ccccc6c5c4)c4ccccc4-c4ccccc4)cccc32)cc1. The molecule has 0 bridgehead atoms. The molecule has 0 atom stereocenters. The van der Waals surface area contributed by atoms with Crippen LogP contribution < -0.4 is 4.90 Å². The summed E-state index contributed by atoms with van der Waals surface area (Å²) in [5, 5.41) is 7.56. The summed E-state index contributed by atoms with van der Waals surface area (Å²) < 4.78 is 0. The topological polar surface area (TPSA) is 3.24 Å². The third-order valence-corrected chi connectivity index (χ3v) is 14.9. The normalized spacial score (nSPS) is 12.8. The molecule has 0 unspecified atom stereocenters. The molecule has 68 heavy (non-hydrogen) atoms. The van der Waals surface area contributed by atoms with Gasteiger partial charge in [-0.05, 0) is 135 Å². The quantitative estimate of drug-likeness (QED) is 0.151. The first-order chi connectivity index (χ1) is 33.8. The van der Waals surface area contributed by atoms with Crippen molar-refractivity contribution in [1.29, 1.82) is 0 Å². The van der Waals surface area contributed by atoms with Gasteiger partial charge in [0.15, 0.2) is 0 Å². The molecule has 0 fully saturated rings. The first-order valence-corrected chi connectivity index (χ1v) is 23.7. The minimum absolute atomic E-state index is 0.592. The first-order valence-electron chi connectivity index (χ1n) is 23.7. The molecule has 0 saturated heterocycles. The summed E-state index contributed by atoms with van der Waals surface area (Å²) in [6, 6.07) is 97.1. The van der Waals surface area contributed by atoms with Crippen LogP contribution in [0.15, 0.2) is 261 Å². The lowest BCUT2D eigenvalue weighted by atomic mass is 9.70. The van der Waals surface area contributed by atoms with Crippen molar-refractivity contribution in [3.05, 3.63) is 283 Å². The molecule has 2 aliphatic rings. The summed E-state index contributed by atoms with van der Waals surface area (Å²) in [6.45, 7) is 0. The molecule has 1 nitrogen and oxygen atoms in total. The molecule has 2 aliphatic carbocycles. The van der Waals surface area contributed by atoms with Crippen molar-refractivity contribution in [2.24, 2.45) is 0 Å². The lowest BCUT2D eigenvalue weighted by Gasteiger charge is -2.33. The van der Waals surface area contributed by atoms with Crippen LogP contribution in [0.2, 0.25) is 0 Å². The molecule has 0 amide bonds. The average Bonchev–Trinajstić information content (AvgIpc) is 3.89. The zero-order chi connectivity index (χ0) is 44.8. The third-order valence-electron chi connectivity index (χ3n) is 14.9. The summed E-state index contributed by atoms with van der Waals surface area (Å²) in [7, 11) is 0. The van der Waals surface area contributed by atoms with Gasteiger partial charge in [0.25, 0.3) is 0 Å². The van der Waals surface area contributed by atoms with Crippen molar-refractivity contribution in [2.75, 3.05) is 4.90 Å². The molecule has 0 heterocycles. The van der Waals surface area contributed by atoms with Gasteiger partial charge in [-0.1, -0.05) is 224 Å². The molecule has 12 aromatic rings. The van der Waals surface area contributed by atoms with E-state index in [2.05, 4.69) is 266 Å². The van der Waals surface area contributed by atoms with Gasteiger partial charge in [-0.3, -0.25) is 0 Å².